The van der Waals surface area contributed by atoms with Crippen LogP contribution in [0.5, 0.6) is 5.75 Å². The third kappa shape index (κ3) is 3.29. The topological polar surface area (TPSA) is 9.23 Å². The maximum Gasteiger partial charge on any atom is 0.125 e. The van der Waals surface area contributed by atoms with E-state index in [2.05, 4.69) is 0 Å². The van der Waals surface area contributed by atoms with Crippen LogP contribution in [-0.4, -0.2) is 6.61 Å². The Morgan fingerprint density at radius 1 is 1.46 bits per heavy atom. The van der Waals surface area contributed by atoms with Gasteiger partial charge in [0.1, 0.15) is 12.4 Å². The normalized spacial score (nSPS) is 11.5. The number of hydrogen-bond acceptors (Lipinski definition) is 1. The molecule has 1 rings (SSSR count). The Morgan fingerprint density at radius 3 is 2.77 bits per heavy atom. The Kier molecular flexibility index (Phi) is 4.13. The van der Waals surface area contributed by atoms with E-state index < -0.39 is 0 Å². The van der Waals surface area contributed by atoms with Crippen LogP contribution in [0.2, 0.25) is 0 Å². The first-order valence-electron chi connectivity index (χ1n) is 3.87. The van der Waals surface area contributed by atoms with Gasteiger partial charge < -0.3 is 4.74 Å². The van der Waals surface area contributed by atoms with Crippen LogP contribution in [0.25, 0.3) is 0 Å². The number of benzene rings is 1. The minimum Gasteiger partial charge on any atom is -0.488 e. The molecule has 0 N–H and O–H groups in total. The van der Waals surface area contributed by atoms with Gasteiger partial charge in [0.2, 0.25) is 0 Å². The molecule has 0 amide bonds. The Morgan fingerprint density at radius 2 is 2.15 bits per heavy atom. The van der Waals surface area contributed by atoms with Crippen molar-refractivity contribution in [3.63, 3.8) is 0 Å². The summed E-state index contributed by atoms with van der Waals surface area (Å²) in [4.78, 5) is 0. The monoisotopic (exact) mass is 216 g/mol. The van der Waals surface area contributed by atoms with E-state index in [9.17, 15) is 0 Å². The molecule has 0 fully saturated rings. The van der Waals surface area contributed by atoms with Gasteiger partial charge in [-0.3, -0.25) is 0 Å². The van der Waals surface area contributed by atoms with Crippen LogP contribution < -0.4 is 4.74 Å². The minimum atomic E-state index is 0.315. The van der Waals surface area contributed by atoms with E-state index in [4.69, 9.17) is 27.9 Å². The van der Waals surface area contributed by atoms with Crippen molar-refractivity contribution in [1.29, 1.82) is 0 Å². The molecule has 13 heavy (non-hydrogen) atoms. The first-order chi connectivity index (χ1) is 6.24. The molecule has 0 aromatic heterocycles. The molecule has 0 aliphatic carbocycles. The van der Waals surface area contributed by atoms with Crippen molar-refractivity contribution >= 4 is 23.2 Å². The molecule has 0 aliphatic heterocycles. The molecule has 70 valence electrons. The van der Waals surface area contributed by atoms with E-state index >= 15 is 0 Å². The predicted octanol–water partition coefficient (Wildman–Crippen LogP) is 3.69. The van der Waals surface area contributed by atoms with Crippen LogP contribution in [0, 0.1) is 6.92 Å². The van der Waals surface area contributed by atoms with Gasteiger partial charge in [0.15, 0.2) is 0 Å². The highest BCUT2D eigenvalue weighted by Crippen LogP contribution is 2.17. The van der Waals surface area contributed by atoms with Gasteiger partial charge >= 0.3 is 0 Å². The third-order valence-corrected chi connectivity index (χ3v) is 2.17. The van der Waals surface area contributed by atoms with Gasteiger partial charge in [0.05, 0.1) is 5.03 Å². The Labute approximate surface area is 87.9 Å². The summed E-state index contributed by atoms with van der Waals surface area (Å²) in [6.45, 7) is 2.30. The summed E-state index contributed by atoms with van der Waals surface area (Å²) in [5.41, 5.74) is 2.39. The standard InChI is InChI=1S/C10H10Cl2O/c1-8-4-2-3-5-10(8)13-7-9(12)6-11/h2-6H,7H2,1H3. The Bertz CT molecular complexity index is 308. The molecular weight excluding hydrogens is 207 g/mol. The second-order valence-corrected chi connectivity index (χ2v) is 3.31. The SMILES string of the molecule is Cc1ccccc1OCC(Cl)=CCl. The van der Waals surface area contributed by atoms with Gasteiger partial charge in [0, 0.05) is 5.54 Å². The average Bonchev–Trinajstić information content (AvgIpc) is 2.16. The average molecular weight is 217 g/mol. The molecule has 0 bridgehead atoms. The fraction of sp³-hybridized carbons (Fsp3) is 0.200. The highest BCUT2D eigenvalue weighted by Gasteiger charge is 1.98. The zero-order valence-electron chi connectivity index (χ0n) is 7.26. The van der Waals surface area contributed by atoms with Crippen LogP contribution in [0.1, 0.15) is 5.56 Å². The van der Waals surface area contributed by atoms with Crippen molar-refractivity contribution in [2.24, 2.45) is 0 Å². The lowest BCUT2D eigenvalue weighted by molar-refractivity contribution is 0.357. The molecule has 0 heterocycles. The van der Waals surface area contributed by atoms with Crippen LogP contribution >= 0.6 is 23.2 Å². The molecule has 0 unspecified atom stereocenters. The smallest absolute Gasteiger partial charge is 0.125 e. The fourth-order valence-corrected chi connectivity index (χ4v) is 1.01. The maximum absolute atomic E-state index is 5.67. The molecule has 0 aliphatic rings. The molecule has 0 radical (unpaired) electrons. The summed E-state index contributed by atoms with van der Waals surface area (Å²) in [5.74, 6) is 0.833. The molecule has 0 atom stereocenters. The fourth-order valence-electron chi connectivity index (χ4n) is 0.897. The van der Waals surface area contributed by atoms with E-state index in [0.717, 1.165) is 11.3 Å². The van der Waals surface area contributed by atoms with Crippen molar-refractivity contribution in [3.8, 4) is 5.75 Å². The van der Waals surface area contributed by atoms with Crippen LogP contribution in [-0.2, 0) is 0 Å². The van der Waals surface area contributed by atoms with E-state index in [0.29, 0.717) is 11.6 Å². The third-order valence-electron chi connectivity index (χ3n) is 1.58. The largest absolute Gasteiger partial charge is 0.488 e. The first kappa shape index (κ1) is 10.4. The zero-order valence-corrected chi connectivity index (χ0v) is 8.77. The summed E-state index contributed by atoms with van der Waals surface area (Å²) in [7, 11) is 0. The summed E-state index contributed by atoms with van der Waals surface area (Å²) in [6, 6.07) is 7.75. The van der Waals surface area contributed by atoms with Gasteiger partial charge in [0.25, 0.3) is 0 Å². The minimum absolute atomic E-state index is 0.315. The van der Waals surface area contributed by atoms with Gasteiger partial charge in [-0.15, -0.1) is 0 Å². The summed E-state index contributed by atoms with van der Waals surface area (Å²) in [6.07, 6.45) is 0. The van der Waals surface area contributed by atoms with Gasteiger partial charge in [-0.25, -0.2) is 0 Å². The Balaban J connectivity index is 2.60. The van der Waals surface area contributed by atoms with Crippen LogP contribution in [0.4, 0.5) is 0 Å². The van der Waals surface area contributed by atoms with E-state index in [1.54, 1.807) is 0 Å². The quantitative estimate of drug-likeness (QED) is 0.750. The highest BCUT2D eigenvalue weighted by molar-refractivity contribution is 6.36. The van der Waals surface area contributed by atoms with Gasteiger partial charge in [-0.1, -0.05) is 41.4 Å². The molecule has 0 saturated heterocycles. The van der Waals surface area contributed by atoms with Crippen molar-refractivity contribution in [3.05, 3.63) is 40.4 Å². The molecule has 0 spiro atoms. The van der Waals surface area contributed by atoms with Gasteiger partial charge in [-0.05, 0) is 18.6 Å². The van der Waals surface area contributed by atoms with Crippen molar-refractivity contribution in [2.45, 2.75) is 6.92 Å². The molecule has 1 nitrogen and oxygen atoms in total. The number of halogens is 2. The number of aryl methyl sites for hydroxylation is 1. The maximum atomic E-state index is 5.67. The molecule has 1 aromatic rings. The number of ether oxygens (including phenoxy) is 1. The van der Waals surface area contributed by atoms with E-state index in [-0.39, 0.29) is 0 Å². The molecule has 0 saturated carbocycles. The summed E-state index contributed by atoms with van der Waals surface area (Å²) in [5, 5.41) is 0.491. The van der Waals surface area contributed by atoms with Crippen molar-refractivity contribution < 1.29 is 4.74 Å². The second kappa shape index (κ2) is 5.15. The second-order valence-electron chi connectivity index (χ2n) is 2.61. The van der Waals surface area contributed by atoms with Crippen molar-refractivity contribution in [2.75, 3.05) is 6.61 Å². The zero-order chi connectivity index (χ0) is 9.68. The lowest BCUT2D eigenvalue weighted by atomic mass is 10.2. The van der Waals surface area contributed by atoms with Crippen LogP contribution in [0.3, 0.4) is 0 Å². The number of para-hydroxylation sites is 1. The van der Waals surface area contributed by atoms with Crippen LogP contribution in [0.15, 0.2) is 34.8 Å². The molecular formula is C10H10Cl2O. The van der Waals surface area contributed by atoms with Gasteiger partial charge in [-0.2, -0.15) is 0 Å². The Hall–Kier alpha value is -0.660. The lowest BCUT2D eigenvalue weighted by Crippen LogP contribution is -1.97. The van der Waals surface area contributed by atoms with Crippen molar-refractivity contribution in [1.82, 2.24) is 0 Å². The van der Waals surface area contributed by atoms with E-state index in [1.807, 2.05) is 31.2 Å². The molecule has 1 aromatic carbocycles. The van der Waals surface area contributed by atoms with E-state index in [1.165, 1.54) is 5.54 Å². The summed E-state index contributed by atoms with van der Waals surface area (Å²) < 4.78 is 5.40. The lowest BCUT2D eigenvalue weighted by Gasteiger charge is -2.06. The number of rotatable bonds is 3. The first-order valence-corrected chi connectivity index (χ1v) is 4.68. The highest BCUT2D eigenvalue weighted by atomic mass is 35.5. The molecule has 3 heteroatoms. The summed E-state index contributed by atoms with van der Waals surface area (Å²) >= 11 is 11.1. The predicted molar refractivity (Wildman–Crippen MR) is 56.5 cm³/mol. The number of hydrogen-bond donors (Lipinski definition) is 0.